The van der Waals surface area contributed by atoms with Crippen molar-refractivity contribution in [2.45, 2.75) is 18.8 Å². The lowest BCUT2D eigenvalue weighted by Crippen LogP contribution is -2.20. The van der Waals surface area contributed by atoms with E-state index in [0.717, 1.165) is 35.1 Å². The van der Waals surface area contributed by atoms with Gasteiger partial charge in [-0.25, -0.2) is 0 Å². The number of fused-ring (bicyclic) bond motifs is 1. The van der Waals surface area contributed by atoms with Crippen LogP contribution in [0.2, 0.25) is 5.02 Å². The van der Waals surface area contributed by atoms with Gasteiger partial charge in [-0.2, -0.15) is 0 Å². The number of ketones is 1. The van der Waals surface area contributed by atoms with Crippen LogP contribution < -0.4 is 10.3 Å². The Balaban J connectivity index is 1.76. The summed E-state index contributed by atoms with van der Waals surface area (Å²) in [7, 11) is 1.60. The van der Waals surface area contributed by atoms with Crippen molar-refractivity contribution in [2.75, 3.05) is 7.11 Å². The van der Waals surface area contributed by atoms with Crippen LogP contribution in [0.1, 0.15) is 40.2 Å². The smallest absolute Gasteiger partial charge is 0.259 e. The average molecular weight is 380 g/mol. The number of hydrogen-bond acceptors (Lipinski definition) is 3. The van der Waals surface area contributed by atoms with Gasteiger partial charge < -0.3 is 9.72 Å². The largest absolute Gasteiger partial charge is 0.497 e. The highest BCUT2D eigenvalue weighted by atomic mass is 35.5. The Morgan fingerprint density at radius 3 is 2.59 bits per heavy atom. The number of rotatable bonds is 5. The van der Waals surface area contributed by atoms with Gasteiger partial charge in [0.05, 0.1) is 12.7 Å². The van der Waals surface area contributed by atoms with Gasteiger partial charge in [-0.3, -0.25) is 9.59 Å². The van der Waals surface area contributed by atoms with Crippen LogP contribution in [-0.4, -0.2) is 17.9 Å². The molecule has 0 radical (unpaired) electrons. The molecule has 0 unspecified atom stereocenters. The topological polar surface area (TPSA) is 59.2 Å². The molecular weight excluding hydrogens is 362 g/mol. The fourth-order valence-electron chi connectivity index (χ4n) is 3.30. The molecule has 0 spiro atoms. The standard InChI is InChI=1S/C22H18ClNO3/c1-27-16-8-2-13(3-9-16)4-11-19(25)21-20(14-5-6-14)17-12-15(23)7-10-18(17)24-22(21)26/h2-4,7-12,14H,5-6H2,1H3,(H,24,26). The van der Waals surface area contributed by atoms with E-state index in [-0.39, 0.29) is 22.8 Å². The van der Waals surface area contributed by atoms with Crippen molar-refractivity contribution in [1.82, 2.24) is 4.98 Å². The number of ether oxygens (including phenoxy) is 1. The summed E-state index contributed by atoms with van der Waals surface area (Å²) >= 11 is 6.15. The first-order chi connectivity index (χ1) is 13.1. The van der Waals surface area contributed by atoms with Gasteiger partial charge in [0, 0.05) is 15.9 Å². The summed E-state index contributed by atoms with van der Waals surface area (Å²) in [5, 5.41) is 1.44. The van der Waals surface area contributed by atoms with Gasteiger partial charge in [-0.15, -0.1) is 0 Å². The van der Waals surface area contributed by atoms with E-state index in [4.69, 9.17) is 16.3 Å². The summed E-state index contributed by atoms with van der Waals surface area (Å²) in [5.74, 6) is 0.690. The van der Waals surface area contributed by atoms with Crippen molar-refractivity contribution in [3.05, 3.63) is 80.6 Å². The highest BCUT2D eigenvalue weighted by molar-refractivity contribution is 6.31. The van der Waals surface area contributed by atoms with Crippen LogP contribution in [0, 0.1) is 0 Å². The number of carbonyl (C=O) groups excluding carboxylic acids is 1. The normalized spacial score (nSPS) is 14.0. The van der Waals surface area contributed by atoms with Crippen LogP contribution in [0.3, 0.4) is 0 Å². The lowest BCUT2D eigenvalue weighted by atomic mass is 9.96. The van der Waals surface area contributed by atoms with Crippen LogP contribution in [0.5, 0.6) is 5.75 Å². The molecule has 1 saturated carbocycles. The van der Waals surface area contributed by atoms with Gasteiger partial charge >= 0.3 is 0 Å². The first-order valence-electron chi connectivity index (χ1n) is 8.78. The second-order valence-corrected chi connectivity index (χ2v) is 7.11. The van der Waals surface area contributed by atoms with Crippen molar-refractivity contribution >= 4 is 34.4 Å². The first kappa shape index (κ1) is 17.6. The third-order valence-corrected chi connectivity index (χ3v) is 5.03. The number of aromatic amines is 1. The van der Waals surface area contributed by atoms with Gasteiger partial charge in [0.15, 0.2) is 5.78 Å². The Hall–Kier alpha value is -2.85. The lowest BCUT2D eigenvalue weighted by molar-refractivity contribution is 0.104. The molecule has 1 aliphatic carbocycles. The van der Waals surface area contributed by atoms with Crippen molar-refractivity contribution in [2.24, 2.45) is 0 Å². The Labute approximate surface area is 161 Å². The predicted octanol–water partition coefficient (Wildman–Crippen LogP) is 4.96. The number of hydrogen-bond donors (Lipinski definition) is 1. The van der Waals surface area contributed by atoms with E-state index in [0.29, 0.717) is 10.5 Å². The Morgan fingerprint density at radius 2 is 1.93 bits per heavy atom. The summed E-state index contributed by atoms with van der Waals surface area (Å²) in [6, 6.07) is 12.7. The molecule has 0 bridgehead atoms. The lowest BCUT2D eigenvalue weighted by Gasteiger charge is -2.10. The van der Waals surface area contributed by atoms with Crippen LogP contribution in [0.4, 0.5) is 0 Å². The summed E-state index contributed by atoms with van der Waals surface area (Å²) in [6.45, 7) is 0. The summed E-state index contributed by atoms with van der Waals surface area (Å²) in [5.41, 5.74) is 2.26. The van der Waals surface area contributed by atoms with E-state index < -0.39 is 0 Å². The molecule has 5 heteroatoms. The minimum atomic E-state index is -0.351. The minimum Gasteiger partial charge on any atom is -0.497 e. The molecule has 1 N–H and O–H groups in total. The molecule has 0 saturated heterocycles. The third kappa shape index (κ3) is 3.53. The molecule has 1 aromatic heterocycles. The number of pyridine rings is 1. The number of carbonyl (C=O) groups is 1. The summed E-state index contributed by atoms with van der Waals surface area (Å²) in [4.78, 5) is 28.3. The molecule has 3 aromatic rings. The Bertz CT molecular complexity index is 1110. The molecule has 136 valence electrons. The molecule has 4 rings (SSSR count). The summed E-state index contributed by atoms with van der Waals surface area (Å²) < 4.78 is 5.13. The molecule has 4 nitrogen and oxygen atoms in total. The maximum atomic E-state index is 12.9. The average Bonchev–Trinajstić information content (AvgIpc) is 3.51. The molecule has 2 aromatic carbocycles. The monoisotopic (exact) mass is 379 g/mol. The van der Waals surface area contributed by atoms with Crippen molar-refractivity contribution < 1.29 is 9.53 Å². The molecule has 1 fully saturated rings. The van der Waals surface area contributed by atoms with E-state index in [1.165, 1.54) is 6.08 Å². The maximum Gasteiger partial charge on any atom is 0.259 e. The predicted molar refractivity (Wildman–Crippen MR) is 108 cm³/mol. The number of methoxy groups -OCH3 is 1. The van der Waals surface area contributed by atoms with Crippen LogP contribution in [-0.2, 0) is 0 Å². The highest BCUT2D eigenvalue weighted by Gasteiger charge is 2.31. The van der Waals surface area contributed by atoms with Crippen LogP contribution in [0.15, 0.2) is 53.3 Å². The number of nitrogens with one attached hydrogen (secondary N) is 1. The minimum absolute atomic E-state index is 0.219. The van der Waals surface area contributed by atoms with Crippen molar-refractivity contribution in [3.8, 4) is 5.75 Å². The molecule has 0 aliphatic heterocycles. The molecular formula is C22H18ClNO3. The van der Waals surface area contributed by atoms with Gasteiger partial charge in [-0.1, -0.05) is 29.8 Å². The molecule has 0 atom stereocenters. The van der Waals surface area contributed by atoms with E-state index in [9.17, 15) is 9.59 Å². The van der Waals surface area contributed by atoms with Crippen molar-refractivity contribution in [1.29, 1.82) is 0 Å². The molecule has 0 amide bonds. The second-order valence-electron chi connectivity index (χ2n) is 6.68. The first-order valence-corrected chi connectivity index (χ1v) is 9.16. The zero-order valence-corrected chi connectivity index (χ0v) is 15.5. The van der Waals surface area contributed by atoms with Gasteiger partial charge in [-0.05, 0) is 66.3 Å². The number of H-pyrrole nitrogens is 1. The number of allylic oxidation sites excluding steroid dienone is 1. The Morgan fingerprint density at radius 1 is 1.19 bits per heavy atom. The molecule has 27 heavy (non-hydrogen) atoms. The Kier molecular flexibility index (Phi) is 4.58. The van der Waals surface area contributed by atoms with Gasteiger partial charge in [0.2, 0.25) is 0 Å². The summed E-state index contributed by atoms with van der Waals surface area (Å²) in [6.07, 6.45) is 5.12. The quantitative estimate of drug-likeness (QED) is 0.503. The highest BCUT2D eigenvalue weighted by Crippen LogP contribution is 2.44. The van der Waals surface area contributed by atoms with Gasteiger partial charge in [0.25, 0.3) is 5.56 Å². The zero-order chi connectivity index (χ0) is 19.0. The number of halogens is 1. The van der Waals surface area contributed by atoms with E-state index in [1.54, 1.807) is 25.3 Å². The van der Waals surface area contributed by atoms with Crippen molar-refractivity contribution in [3.63, 3.8) is 0 Å². The van der Waals surface area contributed by atoms with Crippen LogP contribution >= 0.6 is 11.6 Å². The van der Waals surface area contributed by atoms with Crippen LogP contribution in [0.25, 0.3) is 17.0 Å². The van der Waals surface area contributed by atoms with E-state index in [2.05, 4.69) is 4.98 Å². The fraction of sp³-hybridized carbons (Fsp3) is 0.182. The van der Waals surface area contributed by atoms with E-state index in [1.807, 2.05) is 30.3 Å². The second kappa shape index (κ2) is 7.05. The fourth-order valence-corrected chi connectivity index (χ4v) is 3.47. The zero-order valence-electron chi connectivity index (χ0n) is 14.8. The molecule has 1 aliphatic rings. The van der Waals surface area contributed by atoms with E-state index >= 15 is 0 Å². The number of aromatic nitrogens is 1. The van der Waals surface area contributed by atoms with Gasteiger partial charge in [0.1, 0.15) is 5.75 Å². The SMILES string of the molecule is COc1ccc(C=CC(=O)c2c(C3CC3)c3cc(Cl)ccc3[nH]c2=O)cc1. The third-order valence-electron chi connectivity index (χ3n) is 4.79. The number of benzene rings is 2. The molecule has 1 heterocycles. The maximum absolute atomic E-state index is 12.9.